The molecule has 0 atom stereocenters. The van der Waals surface area contributed by atoms with Crippen LogP contribution < -0.4 is 24.3 Å². The highest BCUT2D eigenvalue weighted by atomic mass is 32.2. The molecule has 0 unspecified atom stereocenters. The first kappa shape index (κ1) is 25.8. The van der Waals surface area contributed by atoms with Crippen molar-refractivity contribution in [3.8, 4) is 34.5 Å². The second-order valence-corrected chi connectivity index (χ2v) is 8.99. The Bertz CT molecular complexity index is 1230. The van der Waals surface area contributed by atoms with Crippen molar-refractivity contribution < 1.29 is 36.6 Å². The number of rotatable bonds is 12. The van der Waals surface area contributed by atoms with Crippen molar-refractivity contribution in [3.63, 3.8) is 0 Å². The van der Waals surface area contributed by atoms with Gasteiger partial charge in [0.2, 0.25) is 17.5 Å². The van der Waals surface area contributed by atoms with E-state index in [2.05, 4.69) is 15.5 Å². The molecule has 3 aromatic rings. The molecule has 11 nitrogen and oxygen atoms in total. The predicted octanol–water partition coefficient (Wildman–Crippen LogP) is 3.35. The number of nitrogens with zero attached hydrogens (tertiary/aromatic N) is 2. The van der Waals surface area contributed by atoms with Crippen molar-refractivity contribution in [2.24, 2.45) is 0 Å². The van der Waals surface area contributed by atoms with Gasteiger partial charge in [0, 0.05) is 5.56 Å². The molecule has 1 amide bonds. The number of sulfone groups is 1. The number of hydrogen-bond acceptors (Lipinski definition) is 10. The maximum Gasteiger partial charge on any atom is 0.322 e. The summed E-state index contributed by atoms with van der Waals surface area (Å²) in [6.07, 6.45) is 0. The van der Waals surface area contributed by atoms with E-state index in [1.807, 2.05) is 20.8 Å². The van der Waals surface area contributed by atoms with E-state index in [0.717, 1.165) is 0 Å². The first-order valence-electron chi connectivity index (χ1n) is 10.9. The molecule has 12 heteroatoms. The van der Waals surface area contributed by atoms with Crippen molar-refractivity contribution in [1.29, 1.82) is 0 Å². The molecule has 0 radical (unpaired) electrons. The molecular formula is C23H27N3O8S. The Hall–Kier alpha value is -3.80. The summed E-state index contributed by atoms with van der Waals surface area (Å²) < 4.78 is 52.7. The number of carbonyl (C=O) groups is 1. The number of benzene rings is 2. The van der Waals surface area contributed by atoms with Gasteiger partial charge in [-0.05, 0) is 57.2 Å². The molecule has 1 heterocycles. The lowest BCUT2D eigenvalue weighted by atomic mass is 10.2. The van der Waals surface area contributed by atoms with Crippen molar-refractivity contribution >= 4 is 21.8 Å². The van der Waals surface area contributed by atoms with Crippen LogP contribution in [-0.4, -0.2) is 57.2 Å². The zero-order valence-corrected chi connectivity index (χ0v) is 20.7. The third-order valence-electron chi connectivity index (χ3n) is 4.57. The molecule has 0 spiro atoms. The van der Waals surface area contributed by atoms with Crippen molar-refractivity contribution in [2.45, 2.75) is 25.7 Å². The SMILES string of the molecule is CCOc1cc(-c2nnc(NC(=O)CS(=O)(=O)c3ccc(OC)cc3)o2)cc(OCC)c1OCC. The highest BCUT2D eigenvalue weighted by molar-refractivity contribution is 7.92. The highest BCUT2D eigenvalue weighted by Crippen LogP contribution is 2.41. The molecule has 188 valence electrons. The Morgan fingerprint density at radius 2 is 1.54 bits per heavy atom. The monoisotopic (exact) mass is 505 g/mol. The summed E-state index contributed by atoms with van der Waals surface area (Å²) in [6, 6.07) is 8.79. The third-order valence-corrected chi connectivity index (χ3v) is 6.20. The van der Waals surface area contributed by atoms with Gasteiger partial charge in [-0.2, -0.15) is 0 Å². The molecule has 0 aliphatic heterocycles. The summed E-state index contributed by atoms with van der Waals surface area (Å²) in [5.41, 5.74) is 0.471. The van der Waals surface area contributed by atoms with Crippen LogP contribution in [-0.2, 0) is 14.6 Å². The van der Waals surface area contributed by atoms with Crippen molar-refractivity contribution in [3.05, 3.63) is 36.4 Å². The number of methoxy groups -OCH3 is 1. The summed E-state index contributed by atoms with van der Waals surface area (Å²) in [6.45, 7) is 6.72. The van der Waals surface area contributed by atoms with Crippen LogP contribution in [0.25, 0.3) is 11.5 Å². The average Bonchev–Trinajstić information content (AvgIpc) is 3.29. The lowest BCUT2D eigenvalue weighted by molar-refractivity contribution is -0.114. The van der Waals surface area contributed by atoms with Gasteiger partial charge >= 0.3 is 6.01 Å². The smallest absolute Gasteiger partial charge is 0.322 e. The fraction of sp³-hybridized carbons (Fsp3) is 0.348. The second-order valence-electron chi connectivity index (χ2n) is 7.00. The molecule has 0 aliphatic rings. The minimum atomic E-state index is -3.89. The summed E-state index contributed by atoms with van der Waals surface area (Å²) >= 11 is 0. The Labute approximate surface area is 203 Å². The molecule has 35 heavy (non-hydrogen) atoms. The quantitative estimate of drug-likeness (QED) is 0.390. The number of anilines is 1. The molecule has 1 aromatic heterocycles. The van der Waals surface area contributed by atoms with E-state index < -0.39 is 21.5 Å². The Morgan fingerprint density at radius 3 is 2.09 bits per heavy atom. The summed E-state index contributed by atoms with van der Waals surface area (Å²) in [4.78, 5) is 12.4. The minimum absolute atomic E-state index is 0.0130. The Morgan fingerprint density at radius 1 is 0.943 bits per heavy atom. The minimum Gasteiger partial charge on any atom is -0.497 e. The van der Waals surface area contributed by atoms with Crippen LogP contribution in [0.4, 0.5) is 6.01 Å². The standard InChI is InChI=1S/C23H27N3O8S/c1-5-31-18-12-15(13-19(32-6-2)21(18)33-7-3)22-25-26-23(34-22)24-20(27)14-35(28,29)17-10-8-16(30-4)9-11-17/h8-13H,5-7,14H2,1-4H3,(H,24,26,27). The zero-order chi connectivity index (χ0) is 25.4. The summed E-state index contributed by atoms with van der Waals surface area (Å²) in [5.74, 6) is 0.270. The number of nitrogens with one attached hydrogen (secondary N) is 1. The Kier molecular flexibility index (Phi) is 8.53. The van der Waals surface area contributed by atoms with E-state index in [1.54, 1.807) is 12.1 Å². The van der Waals surface area contributed by atoms with E-state index in [4.69, 9.17) is 23.4 Å². The van der Waals surface area contributed by atoms with Crippen molar-refractivity contribution in [2.75, 3.05) is 38.0 Å². The topological polar surface area (TPSA) is 139 Å². The van der Waals surface area contributed by atoms with Crippen LogP contribution in [0.15, 0.2) is 45.7 Å². The van der Waals surface area contributed by atoms with Gasteiger partial charge in [-0.1, -0.05) is 5.10 Å². The molecular weight excluding hydrogens is 478 g/mol. The number of carbonyl (C=O) groups excluding carboxylic acids is 1. The third kappa shape index (κ3) is 6.41. The molecule has 0 fully saturated rings. The van der Waals surface area contributed by atoms with Crippen LogP contribution in [0.5, 0.6) is 23.0 Å². The van der Waals surface area contributed by atoms with Gasteiger partial charge in [-0.25, -0.2) is 8.42 Å². The van der Waals surface area contributed by atoms with E-state index in [0.29, 0.717) is 48.4 Å². The van der Waals surface area contributed by atoms with Crippen LogP contribution >= 0.6 is 0 Å². The molecule has 2 aromatic carbocycles. The molecule has 0 aliphatic carbocycles. The lowest BCUT2D eigenvalue weighted by Crippen LogP contribution is -2.23. The maximum atomic E-state index is 12.5. The second kappa shape index (κ2) is 11.6. The summed E-state index contributed by atoms with van der Waals surface area (Å²) in [5, 5.41) is 10.1. The fourth-order valence-corrected chi connectivity index (χ4v) is 4.23. The van der Waals surface area contributed by atoms with Gasteiger partial charge in [0.15, 0.2) is 21.3 Å². The van der Waals surface area contributed by atoms with Gasteiger partial charge in [0.1, 0.15) is 11.5 Å². The first-order valence-corrected chi connectivity index (χ1v) is 12.5. The molecule has 0 saturated carbocycles. The van der Waals surface area contributed by atoms with Crippen LogP contribution in [0.2, 0.25) is 0 Å². The fourth-order valence-electron chi connectivity index (χ4n) is 3.10. The van der Waals surface area contributed by atoms with Gasteiger partial charge in [-0.3, -0.25) is 10.1 Å². The lowest BCUT2D eigenvalue weighted by Gasteiger charge is -2.16. The van der Waals surface area contributed by atoms with E-state index in [1.165, 1.54) is 31.4 Å². The molecule has 3 rings (SSSR count). The van der Waals surface area contributed by atoms with Gasteiger partial charge in [0.25, 0.3) is 0 Å². The van der Waals surface area contributed by atoms with Gasteiger partial charge in [-0.15, -0.1) is 5.10 Å². The maximum absolute atomic E-state index is 12.5. The average molecular weight is 506 g/mol. The van der Waals surface area contributed by atoms with E-state index in [-0.39, 0.29) is 16.8 Å². The number of aromatic nitrogens is 2. The normalized spacial score (nSPS) is 11.1. The van der Waals surface area contributed by atoms with Gasteiger partial charge < -0.3 is 23.4 Å². The number of amides is 1. The van der Waals surface area contributed by atoms with E-state index in [9.17, 15) is 13.2 Å². The molecule has 0 bridgehead atoms. The first-order chi connectivity index (χ1) is 16.8. The van der Waals surface area contributed by atoms with Crippen LogP contribution in [0.1, 0.15) is 20.8 Å². The number of hydrogen-bond donors (Lipinski definition) is 1. The largest absolute Gasteiger partial charge is 0.497 e. The van der Waals surface area contributed by atoms with E-state index >= 15 is 0 Å². The van der Waals surface area contributed by atoms with Crippen LogP contribution in [0, 0.1) is 0 Å². The Balaban J connectivity index is 1.78. The molecule has 0 saturated heterocycles. The zero-order valence-electron chi connectivity index (χ0n) is 19.9. The van der Waals surface area contributed by atoms with Crippen molar-refractivity contribution in [1.82, 2.24) is 10.2 Å². The number of ether oxygens (including phenoxy) is 4. The highest BCUT2D eigenvalue weighted by Gasteiger charge is 2.22. The molecule has 1 N–H and O–H groups in total. The van der Waals surface area contributed by atoms with Crippen LogP contribution in [0.3, 0.4) is 0 Å². The van der Waals surface area contributed by atoms with Gasteiger partial charge in [0.05, 0.1) is 31.8 Å². The predicted molar refractivity (Wildman–Crippen MR) is 127 cm³/mol. The summed E-state index contributed by atoms with van der Waals surface area (Å²) in [7, 11) is -2.42.